The van der Waals surface area contributed by atoms with Crippen LogP contribution in [0.4, 0.5) is 0 Å². The number of hydrogen-bond acceptors (Lipinski definition) is 4. The van der Waals surface area contributed by atoms with Gasteiger partial charge in [0.05, 0.1) is 11.5 Å². The number of rotatable bonds is 4. The fourth-order valence-corrected chi connectivity index (χ4v) is 4.22. The Balaban J connectivity index is 2.09. The molecule has 1 atom stereocenters. The van der Waals surface area contributed by atoms with E-state index in [1.807, 2.05) is 19.1 Å². The standard InChI is InChI=1S/C14H22N2O2S/c1-12-11-19(17,18)9-8-16(12)10-14-5-3-2-4-13(14)6-7-15/h2-5,12H,6-11,15H2,1H3. The first-order valence-electron chi connectivity index (χ1n) is 6.73. The fraction of sp³-hybridized carbons (Fsp3) is 0.571. The summed E-state index contributed by atoms with van der Waals surface area (Å²) in [4.78, 5) is 2.25. The zero-order chi connectivity index (χ0) is 13.9. The molecule has 1 aliphatic heterocycles. The van der Waals surface area contributed by atoms with E-state index in [0.717, 1.165) is 13.0 Å². The second-order valence-electron chi connectivity index (χ2n) is 5.24. The van der Waals surface area contributed by atoms with Crippen LogP contribution in [0.25, 0.3) is 0 Å². The SMILES string of the molecule is CC1CS(=O)(=O)CCN1Cc1ccccc1CCN. The van der Waals surface area contributed by atoms with Crippen molar-refractivity contribution in [3.63, 3.8) is 0 Å². The van der Waals surface area contributed by atoms with Crippen LogP contribution in [0, 0.1) is 0 Å². The maximum absolute atomic E-state index is 11.6. The molecule has 1 saturated heterocycles. The van der Waals surface area contributed by atoms with E-state index in [9.17, 15) is 8.42 Å². The third-order valence-corrected chi connectivity index (χ3v) is 5.51. The first-order chi connectivity index (χ1) is 9.02. The maximum Gasteiger partial charge on any atom is 0.153 e. The van der Waals surface area contributed by atoms with Crippen LogP contribution in [-0.2, 0) is 22.8 Å². The van der Waals surface area contributed by atoms with Crippen molar-refractivity contribution in [2.75, 3.05) is 24.6 Å². The van der Waals surface area contributed by atoms with E-state index < -0.39 is 9.84 Å². The molecule has 106 valence electrons. The quantitative estimate of drug-likeness (QED) is 0.887. The molecule has 0 spiro atoms. The third kappa shape index (κ3) is 3.78. The minimum absolute atomic E-state index is 0.0877. The average molecular weight is 282 g/mol. The van der Waals surface area contributed by atoms with Crippen LogP contribution in [0.1, 0.15) is 18.1 Å². The lowest BCUT2D eigenvalue weighted by Gasteiger charge is -2.33. The molecule has 1 fully saturated rings. The van der Waals surface area contributed by atoms with Crippen LogP contribution >= 0.6 is 0 Å². The molecule has 0 bridgehead atoms. The van der Waals surface area contributed by atoms with E-state index in [1.165, 1.54) is 11.1 Å². The number of nitrogens with two attached hydrogens (primary N) is 1. The molecule has 2 rings (SSSR count). The Morgan fingerprint density at radius 2 is 2.00 bits per heavy atom. The van der Waals surface area contributed by atoms with E-state index in [-0.39, 0.29) is 17.5 Å². The molecule has 0 radical (unpaired) electrons. The first-order valence-corrected chi connectivity index (χ1v) is 8.55. The zero-order valence-electron chi connectivity index (χ0n) is 11.4. The Labute approximate surface area is 115 Å². The summed E-state index contributed by atoms with van der Waals surface area (Å²) in [6.07, 6.45) is 0.872. The molecule has 2 N–H and O–H groups in total. The molecule has 5 heteroatoms. The Kier molecular flexibility index (Phi) is 4.60. The first kappa shape index (κ1) is 14.5. The van der Waals surface area contributed by atoms with Gasteiger partial charge in [-0.15, -0.1) is 0 Å². The summed E-state index contributed by atoms with van der Waals surface area (Å²) < 4.78 is 23.2. The Morgan fingerprint density at radius 1 is 1.32 bits per heavy atom. The summed E-state index contributed by atoms with van der Waals surface area (Å²) in [6, 6.07) is 8.36. The van der Waals surface area contributed by atoms with Gasteiger partial charge >= 0.3 is 0 Å². The molecule has 1 aromatic rings. The van der Waals surface area contributed by atoms with E-state index in [4.69, 9.17) is 5.73 Å². The van der Waals surface area contributed by atoms with Crippen molar-refractivity contribution in [3.8, 4) is 0 Å². The highest BCUT2D eigenvalue weighted by Gasteiger charge is 2.28. The summed E-state index contributed by atoms with van der Waals surface area (Å²) in [5.74, 6) is 0.544. The van der Waals surface area contributed by atoms with Crippen molar-refractivity contribution in [2.24, 2.45) is 5.73 Å². The van der Waals surface area contributed by atoms with Gasteiger partial charge in [0.1, 0.15) is 0 Å². The third-order valence-electron chi connectivity index (χ3n) is 3.71. The molecular formula is C14H22N2O2S. The molecule has 1 unspecified atom stereocenters. The van der Waals surface area contributed by atoms with Gasteiger partial charge in [0.15, 0.2) is 9.84 Å². The number of sulfone groups is 1. The van der Waals surface area contributed by atoms with Gasteiger partial charge in [0, 0.05) is 19.1 Å². The summed E-state index contributed by atoms with van der Waals surface area (Å²) in [5.41, 5.74) is 8.16. The van der Waals surface area contributed by atoms with Crippen LogP contribution in [0.2, 0.25) is 0 Å². The number of nitrogens with zero attached hydrogens (tertiary/aromatic N) is 1. The van der Waals surface area contributed by atoms with Crippen LogP contribution in [0.15, 0.2) is 24.3 Å². The highest BCUT2D eigenvalue weighted by atomic mass is 32.2. The lowest BCUT2D eigenvalue weighted by atomic mass is 10.0. The topological polar surface area (TPSA) is 63.4 Å². The lowest BCUT2D eigenvalue weighted by molar-refractivity contribution is 0.217. The molecule has 0 amide bonds. The molecular weight excluding hydrogens is 260 g/mol. The Bertz CT molecular complexity index is 528. The predicted octanol–water partition coefficient (Wildman–Crippen LogP) is 0.807. The van der Waals surface area contributed by atoms with Gasteiger partial charge < -0.3 is 5.73 Å². The minimum atomic E-state index is -2.84. The minimum Gasteiger partial charge on any atom is -0.330 e. The van der Waals surface area contributed by atoms with Crippen LogP contribution in [0.3, 0.4) is 0 Å². The van der Waals surface area contributed by atoms with Crippen LogP contribution in [-0.4, -0.2) is 44.0 Å². The van der Waals surface area contributed by atoms with Gasteiger partial charge in [-0.3, -0.25) is 4.90 Å². The van der Waals surface area contributed by atoms with Crippen molar-refractivity contribution in [1.82, 2.24) is 4.90 Å². The van der Waals surface area contributed by atoms with E-state index in [1.54, 1.807) is 0 Å². The number of hydrogen-bond donors (Lipinski definition) is 1. The molecule has 1 aromatic carbocycles. The second-order valence-corrected chi connectivity index (χ2v) is 7.47. The summed E-state index contributed by atoms with van der Waals surface area (Å²) in [7, 11) is -2.84. The second kappa shape index (κ2) is 6.03. The van der Waals surface area contributed by atoms with E-state index in [0.29, 0.717) is 13.1 Å². The van der Waals surface area contributed by atoms with Crippen molar-refractivity contribution in [3.05, 3.63) is 35.4 Å². The number of benzene rings is 1. The average Bonchev–Trinajstić information content (AvgIpc) is 2.35. The normalized spacial score (nSPS) is 23.4. The van der Waals surface area contributed by atoms with Gasteiger partial charge in [0.25, 0.3) is 0 Å². The van der Waals surface area contributed by atoms with Gasteiger partial charge in [-0.2, -0.15) is 0 Å². The molecule has 19 heavy (non-hydrogen) atoms. The molecule has 0 saturated carbocycles. The van der Waals surface area contributed by atoms with Crippen molar-refractivity contribution >= 4 is 9.84 Å². The molecule has 4 nitrogen and oxygen atoms in total. The molecule has 1 heterocycles. The highest BCUT2D eigenvalue weighted by molar-refractivity contribution is 7.91. The summed E-state index contributed by atoms with van der Waals surface area (Å²) >= 11 is 0. The molecule has 0 aromatic heterocycles. The zero-order valence-corrected chi connectivity index (χ0v) is 12.2. The van der Waals surface area contributed by atoms with Crippen molar-refractivity contribution < 1.29 is 8.42 Å². The monoisotopic (exact) mass is 282 g/mol. The Morgan fingerprint density at radius 3 is 2.63 bits per heavy atom. The van der Waals surface area contributed by atoms with Gasteiger partial charge in [-0.1, -0.05) is 24.3 Å². The molecule has 1 aliphatic rings. The van der Waals surface area contributed by atoms with Crippen molar-refractivity contribution in [1.29, 1.82) is 0 Å². The maximum atomic E-state index is 11.6. The lowest BCUT2D eigenvalue weighted by Crippen LogP contribution is -2.46. The molecule has 0 aliphatic carbocycles. The van der Waals surface area contributed by atoms with Crippen LogP contribution in [0.5, 0.6) is 0 Å². The van der Waals surface area contributed by atoms with Crippen molar-refractivity contribution in [2.45, 2.75) is 25.9 Å². The predicted molar refractivity (Wildman–Crippen MR) is 77.7 cm³/mol. The van der Waals surface area contributed by atoms with Crippen LogP contribution < -0.4 is 5.73 Å². The summed E-state index contributed by atoms with van der Waals surface area (Å²) in [6.45, 7) is 4.07. The Hall–Kier alpha value is -0.910. The van der Waals surface area contributed by atoms with E-state index >= 15 is 0 Å². The fourth-order valence-electron chi connectivity index (χ4n) is 2.60. The van der Waals surface area contributed by atoms with Gasteiger partial charge in [-0.25, -0.2) is 8.42 Å². The van der Waals surface area contributed by atoms with E-state index in [2.05, 4.69) is 17.0 Å². The largest absolute Gasteiger partial charge is 0.330 e. The van der Waals surface area contributed by atoms with Gasteiger partial charge in [-0.05, 0) is 31.0 Å². The van der Waals surface area contributed by atoms with Gasteiger partial charge in [0.2, 0.25) is 0 Å². The summed E-state index contributed by atoms with van der Waals surface area (Å²) in [5, 5.41) is 0. The highest BCUT2D eigenvalue weighted by Crippen LogP contribution is 2.18. The smallest absolute Gasteiger partial charge is 0.153 e.